The predicted octanol–water partition coefficient (Wildman–Crippen LogP) is 1.55. The summed E-state index contributed by atoms with van der Waals surface area (Å²) in [7, 11) is 0. The van der Waals surface area contributed by atoms with Crippen LogP contribution in [0.15, 0.2) is 11.6 Å². The van der Waals surface area contributed by atoms with Crippen LogP contribution in [0.5, 0.6) is 0 Å². The highest BCUT2D eigenvalue weighted by molar-refractivity contribution is 5.00. The fraction of sp³-hybridized carbons (Fsp3) is 0.714. The van der Waals surface area contributed by atoms with Crippen LogP contribution < -0.4 is 5.73 Å². The molecule has 0 heterocycles. The van der Waals surface area contributed by atoms with E-state index in [9.17, 15) is 0 Å². The minimum atomic E-state index is 0.651. The van der Waals surface area contributed by atoms with E-state index >= 15 is 0 Å². The molecule has 48 valence electrons. The Morgan fingerprint density at radius 2 is 2.12 bits per heavy atom. The quantitative estimate of drug-likeness (QED) is 0.540. The maximum Gasteiger partial charge on any atom is 0.0109 e. The highest BCUT2D eigenvalue weighted by Gasteiger charge is 1.91. The molecule has 8 heavy (non-hydrogen) atoms. The van der Waals surface area contributed by atoms with Crippen molar-refractivity contribution in [1.29, 1.82) is 0 Å². The molecule has 0 aromatic heterocycles. The van der Waals surface area contributed by atoms with Gasteiger partial charge in [0.15, 0.2) is 0 Å². The summed E-state index contributed by atoms with van der Waals surface area (Å²) in [6, 6.07) is 0. The molecule has 0 aliphatic carbocycles. The molecule has 0 aromatic carbocycles. The Balaban J connectivity index is 3.61. The van der Waals surface area contributed by atoms with Crippen LogP contribution in [0.3, 0.4) is 0 Å². The Morgan fingerprint density at radius 3 is 2.25 bits per heavy atom. The van der Waals surface area contributed by atoms with Crippen molar-refractivity contribution in [2.45, 2.75) is 20.8 Å². The fourth-order valence-corrected chi connectivity index (χ4v) is 0.422. The van der Waals surface area contributed by atoms with Gasteiger partial charge in [0.25, 0.3) is 0 Å². The zero-order valence-electron chi connectivity index (χ0n) is 5.94. The number of hydrogen-bond donors (Lipinski definition) is 1. The summed E-state index contributed by atoms with van der Waals surface area (Å²) in [5.74, 6) is 0.651. The number of rotatable bonds is 2. The molecule has 0 aromatic rings. The van der Waals surface area contributed by atoms with E-state index in [1.165, 1.54) is 5.57 Å². The van der Waals surface area contributed by atoms with Crippen molar-refractivity contribution in [3.05, 3.63) is 11.6 Å². The smallest absolute Gasteiger partial charge is 0.0109 e. The van der Waals surface area contributed by atoms with E-state index in [1.807, 2.05) is 0 Å². The van der Waals surface area contributed by atoms with Crippen molar-refractivity contribution in [3.8, 4) is 0 Å². The molecule has 0 saturated heterocycles. The molecule has 0 radical (unpaired) electrons. The van der Waals surface area contributed by atoms with Gasteiger partial charge in [0.1, 0.15) is 0 Å². The molecule has 0 saturated carbocycles. The van der Waals surface area contributed by atoms with Gasteiger partial charge in [-0.1, -0.05) is 25.5 Å². The zero-order chi connectivity index (χ0) is 6.57. The minimum Gasteiger partial charge on any atom is -0.327 e. The van der Waals surface area contributed by atoms with Gasteiger partial charge in [-0.3, -0.25) is 0 Å². The van der Waals surface area contributed by atoms with Crippen LogP contribution in [0.1, 0.15) is 20.8 Å². The van der Waals surface area contributed by atoms with Crippen molar-refractivity contribution in [1.82, 2.24) is 0 Å². The second kappa shape index (κ2) is 3.67. The van der Waals surface area contributed by atoms with E-state index in [4.69, 9.17) is 5.73 Å². The largest absolute Gasteiger partial charge is 0.327 e. The number of nitrogens with two attached hydrogens (primary N) is 1. The molecule has 0 rings (SSSR count). The third kappa shape index (κ3) is 2.80. The van der Waals surface area contributed by atoms with Crippen molar-refractivity contribution in [3.63, 3.8) is 0 Å². The molecular weight excluding hydrogens is 98.1 g/mol. The van der Waals surface area contributed by atoms with Gasteiger partial charge < -0.3 is 5.73 Å². The molecule has 2 N–H and O–H groups in total. The first kappa shape index (κ1) is 7.70. The summed E-state index contributed by atoms with van der Waals surface area (Å²) in [4.78, 5) is 0. The van der Waals surface area contributed by atoms with Gasteiger partial charge >= 0.3 is 0 Å². The van der Waals surface area contributed by atoms with E-state index in [1.54, 1.807) is 0 Å². The maximum atomic E-state index is 5.29. The van der Waals surface area contributed by atoms with Gasteiger partial charge in [-0.05, 0) is 12.8 Å². The van der Waals surface area contributed by atoms with Crippen LogP contribution in [-0.2, 0) is 0 Å². The predicted molar refractivity (Wildman–Crippen MR) is 37.6 cm³/mol. The molecule has 1 nitrogen and oxygen atoms in total. The summed E-state index contributed by atoms with van der Waals surface area (Å²) in [5, 5.41) is 0. The minimum absolute atomic E-state index is 0.651. The lowest BCUT2D eigenvalue weighted by Crippen LogP contribution is -1.97. The first-order valence-corrected chi connectivity index (χ1v) is 3.05. The SMILES string of the molecule is C/C(=C/CN)C(C)C. The first-order valence-electron chi connectivity index (χ1n) is 3.05. The summed E-state index contributed by atoms with van der Waals surface area (Å²) in [5.41, 5.74) is 6.67. The van der Waals surface area contributed by atoms with Crippen LogP contribution in [0.2, 0.25) is 0 Å². The molecule has 0 aliphatic heterocycles. The third-order valence-corrected chi connectivity index (χ3v) is 1.35. The van der Waals surface area contributed by atoms with Crippen molar-refractivity contribution in [2.75, 3.05) is 6.54 Å². The topological polar surface area (TPSA) is 26.0 Å². The Labute approximate surface area is 51.6 Å². The fourth-order valence-electron chi connectivity index (χ4n) is 0.422. The molecule has 1 heteroatoms. The molecule has 0 amide bonds. The Hall–Kier alpha value is -0.300. The van der Waals surface area contributed by atoms with Gasteiger partial charge in [0.2, 0.25) is 0 Å². The van der Waals surface area contributed by atoms with Crippen LogP contribution >= 0.6 is 0 Å². The van der Waals surface area contributed by atoms with E-state index in [2.05, 4.69) is 26.8 Å². The summed E-state index contributed by atoms with van der Waals surface area (Å²) < 4.78 is 0. The standard InChI is InChI=1S/C7H15N/c1-6(2)7(3)4-5-8/h4,6H,5,8H2,1-3H3/b7-4-. The average Bonchev–Trinajstić information content (AvgIpc) is 1.67. The second-order valence-electron chi connectivity index (χ2n) is 2.34. The summed E-state index contributed by atoms with van der Waals surface area (Å²) in [6.45, 7) is 7.12. The van der Waals surface area contributed by atoms with Crippen molar-refractivity contribution in [2.24, 2.45) is 11.7 Å². The lowest BCUT2D eigenvalue weighted by atomic mass is 10.1. The average molecular weight is 113 g/mol. The lowest BCUT2D eigenvalue weighted by molar-refractivity contribution is 0.764. The normalized spacial score (nSPS) is 12.9. The Bertz CT molecular complexity index is 82.4. The monoisotopic (exact) mass is 113 g/mol. The highest BCUT2D eigenvalue weighted by Crippen LogP contribution is 2.05. The molecule has 0 aliphatic rings. The molecule has 0 bridgehead atoms. The van der Waals surface area contributed by atoms with E-state index in [0.29, 0.717) is 12.5 Å². The van der Waals surface area contributed by atoms with Gasteiger partial charge in [0, 0.05) is 6.54 Å². The van der Waals surface area contributed by atoms with Gasteiger partial charge in [-0.2, -0.15) is 0 Å². The lowest BCUT2D eigenvalue weighted by Gasteiger charge is -2.01. The van der Waals surface area contributed by atoms with E-state index in [-0.39, 0.29) is 0 Å². The molecule has 0 fully saturated rings. The Morgan fingerprint density at radius 1 is 1.62 bits per heavy atom. The van der Waals surface area contributed by atoms with Crippen LogP contribution in [0, 0.1) is 5.92 Å². The van der Waals surface area contributed by atoms with Crippen molar-refractivity contribution < 1.29 is 0 Å². The Kier molecular flexibility index (Phi) is 3.53. The van der Waals surface area contributed by atoms with Gasteiger partial charge in [-0.25, -0.2) is 0 Å². The third-order valence-electron chi connectivity index (χ3n) is 1.35. The number of allylic oxidation sites excluding steroid dienone is 1. The first-order chi connectivity index (χ1) is 3.68. The van der Waals surface area contributed by atoms with Crippen LogP contribution in [0.4, 0.5) is 0 Å². The maximum absolute atomic E-state index is 5.29. The summed E-state index contributed by atoms with van der Waals surface area (Å²) >= 11 is 0. The second-order valence-corrected chi connectivity index (χ2v) is 2.34. The van der Waals surface area contributed by atoms with Gasteiger partial charge in [0.05, 0.1) is 0 Å². The molecular formula is C7H15N. The van der Waals surface area contributed by atoms with Gasteiger partial charge in [-0.15, -0.1) is 0 Å². The highest BCUT2D eigenvalue weighted by atomic mass is 14.5. The van der Waals surface area contributed by atoms with Crippen molar-refractivity contribution >= 4 is 0 Å². The number of hydrogen-bond acceptors (Lipinski definition) is 1. The zero-order valence-corrected chi connectivity index (χ0v) is 5.94. The van der Waals surface area contributed by atoms with Crippen LogP contribution in [0.25, 0.3) is 0 Å². The van der Waals surface area contributed by atoms with E-state index in [0.717, 1.165) is 0 Å². The molecule has 0 unspecified atom stereocenters. The molecule has 0 atom stereocenters. The van der Waals surface area contributed by atoms with Crippen LogP contribution in [-0.4, -0.2) is 6.54 Å². The summed E-state index contributed by atoms with van der Waals surface area (Å²) in [6.07, 6.45) is 2.06. The van der Waals surface area contributed by atoms with E-state index < -0.39 is 0 Å². The molecule has 0 spiro atoms.